The van der Waals surface area contributed by atoms with Crippen LogP contribution in [0.1, 0.15) is 29.3 Å². The molecule has 0 atom stereocenters. The third-order valence-electron chi connectivity index (χ3n) is 3.83. The minimum absolute atomic E-state index is 0.177. The van der Waals surface area contributed by atoms with Crippen LogP contribution in [-0.4, -0.2) is 43.1 Å². The molecule has 0 radical (unpaired) electrons. The Balaban J connectivity index is 2.16. The van der Waals surface area contributed by atoms with Gasteiger partial charge in [0, 0.05) is 10.6 Å². The largest absolute Gasteiger partial charge is 0.469 e. The number of anilines is 1. The van der Waals surface area contributed by atoms with Gasteiger partial charge in [-0.1, -0.05) is 30.3 Å². The number of ether oxygens (including phenoxy) is 2. The van der Waals surface area contributed by atoms with Gasteiger partial charge in [0.2, 0.25) is 5.91 Å². The lowest BCUT2D eigenvalue weighted by Gasteiger charge is -2.07. The second-order valence-electron chi connectivity index (χ2n) is 5.77. The zero-order valence-corrected chi connectivity index (χ0v) is 17.7. The van der Waals surface area contributed by atoms with Crippen LogP contribution in [-0.2, 0) is 19.1 Å². The molecule has 150 valence electrons. The van der Waals surface area contributed by atoms with E-state index in [1.807, 2.05) is 37.3 Å². The van der Waals surface area contributed by atoms with E-state index in [0.717, 1.165) is 16.0 Å². The van der Waals surface area contributed by atoms with Gasteiger partial charge in [-0.2, -0.15) is 11.8 Å². The number of rotatable bonds is 9. The van der Waals surface area contributed by atoms with Gasteiger partial charge >= 0.3 is 11.9 Å². The third kappa shape index (κ3) is 5.84. The molecule has 28 heavy (non-hydrogen) atoms. The van der Waals surface area contributed by atoms with E-state index >= 15 is 0 Å². The van der Waals surface area contributed by atoms with Gasteiger partial charge in [0.25, 0.3) is 0 Å². The van der Waals surface area contributed by atoms with E-state index in [1.54, 1.807) is 6.92 Å². The maximum absolute atomic E-state index is 12.5. The van der Waals surface area contributed by atoms with Crippen LogP contribution >= 0.6 is 23.1 Å². The van der Waals surface area contributed by atoms with E-state index in [-0.39, 0.29) is 30.7 Å². The molecule has 0 aliphatic carbocycles. The standard InChI is InChI=1S/C20H23NO5S2/c1-4-26-20(24)17-13(2)18(14-8-6-5-7-9-14)28-19(17)21-15(22)12-27-11-10-16(23)25-3/h5-9H,4,10-12H2,1-3H3,(H,21,22). The van der Waals surface area contributed by atoms with E-state index in [9.17, 15) is 14.4 Å². The van der Waals surface area contributed by atoms with Gasteiger partial charge in [-0.15, -0.1) is 11.3 Å². The van der Waals surface area contributed by atoms with Crippen molar-refractivity contribution < 1.29 is 23.9 Å². The van der Waals surface area contributed by atoms with Crippen LogP contribution in [0.25, 0.3) is 10.4 Å². The van der Waals surface area contributed by atoms with Crippen molar-refractivity contribution in [1.29, 1.82) is 0 Å². The Morgan fingerprint density at radius 2 is 1.89 bits per heavy atom. The molecule has 1 aromatic carbocycles. The molecule has 0 fully saturated rings. The molecule has 1 aromatic heterocycles. The van der Waals surface area contributed by atoms with E-state index in [0.29, 0.717) is 16.3 Å². The summed E-state index contributed by atoms with van der Waals surface area (Å²) in [5.41, 5.74) is 2.14. The van der Waals surface area contributed by atoms with Crippen LogP contribution in [0.2, 0.25) is 0 Å². The lowest BCUT2D eigenvalue weighted by Crippen LogP contribution is -2.17. The average Bonchev–Trinajstić information content (AvgIpc) is 3.01. The number of hydrogen-bond donors (Lipinski definition) is 1. The summed E-state index contributed by atoms with van der Waals surface area (Å²) in [6.45, 7) is 3.85. The Labute approximate surface area is 172 Å². The van der Waals surface area contributed by atoms with Crippen molar-refractivity contribution in [3.05, 3.63) is 41.5 Å². The van der Waals surface area contributed by atoms with Crippen LogP contribution in [0, 0.1) is 6.92 Å². The number of methoxy groups -OCH3 is 1. The number of carbonyl (C=O) groups excluding carboxylic acids is 3. The molecule has 6 nitrogen and oxygen atoms in total. The predicted molar refractivity (Wildman–Crippen MR) is 113 cm³/mol. The summed E-state index contributed by atoms with van der Waals surface area (Å²) in [5.74, 6) is -0.326. The van der Waals surface area contributed by atoms with Gasteiger partial charge in [0.05, 0.1) is 31.5 Å². The Bertz CT molecular complexity index is 833. The quantitative estimate of drug-likeness (QED) is 0.484. The first-order valence-corrected chi connectivity index (χ1v) is 10.7. The second-order valence-corrected chi connectivity index (χ2v) is 7.90. The number of thiophene rings is 1. The minimum Gasteiger partial charge on any atom is -0.469 e. The monoisotopic (exact) mass is 421 g/mol. The lowest BCUT2D eigenvalue weighted by atomic mass is 10.1. The topological polar surface area (TPSA) is 81.7 Å². The van der Waals surface area contributed by atoms with Gasteiger partial charge in [-0.25, -0.2) is 4.79 Å². The number of amides is 1. The molecule has 2 aromatic rings. The zero-order chi connectivity index (χ0) is 20.5. The van der Waals surface area contributed by atoms with Gasteiger partial charge in [-0.3, -0.25) is 9.59 Å². The highest BCUT2D eigenvalue weighted by Crippen LogP contribution is 2.40. The maximum atomic E-state index is 12.5. The van der Waals surface area contributed by atoms with Gasteiger partial charge in [0.15, 0.2) is 0 Å². The van der Waals surface area contributed by atoms with Gasteiger partial charge < -0.3 is 14.8 Å². The first-order valence-electron chi connectivity index (χ1n) is 8.78. The van der Waals surface area contributed by atoms with E-state index in [4.69, 9.17) is 4.74 Å². The number of carbonyl (C=O) groups is 3. The van der Waals surface area contributed by atoms with Crippen LogP contribution in [0.5, 0.6) is 0 Å². The summed E-state index contributed by atoms with van der Waals surface area (Å²) in [6, 6.07) is 9.69. The smallest absolute Gasteiger partial charge is 0.341 e. The van der Waals surface area contributed by atoms with Crippen molar-refractivity contribution in [2.75, 3.05) is 30.5 Å². The molecule has 0 saturated heterocycles. The number of benzene rings is 1. The molecule has 1 N–H and O–H groups in total. The number of hydrogen-bond acceptors (Lipinski definition) is 7. The van der Waals surface area contributed by atoms with Gasteiger partial charge in [0.1, 0.15) is 5.00 Å². The molecule has 0 unspecified atom stereocenters. The first kappa shape index (κ1) is 22.0. The highest BCUT2D eigenvalue weighted by molar-refractivity contribution is 7.99. The molecule has 8 heteroatoms. The number of thioether (sulfide) groups is 1. The molecule has 0 aliphatic heterocycles. The molecule has 0 aliphatic rings. The Morgan fingerprint density at radius 1 is 1.18 bits per heavy atom. The van der Waals surface area contributed by atoms with E-state index in [2.05, 4.69) is 10.1 Å². The van der Waals surface area contributed by atoms with Crippen LogP contribution < -0.4 is 5.32 Å². The Kier molecular flexibility index (Phi) is 8.53. The molecule has 1 amide bonds. The minimum atomic E-state index is -0.452. The molecule has 0 saturated carbocycles. The van der Waals surface area contributed by atoms with Crippen molar-refractivity contribution in [2.24, 2.45) is 0 Å². The normalized spacial score (nSPS) is 10.4. The summed E-state index contributed by atoms with van der Waals surface area (Å²) in [5, 5.41) is 3.30. The highest BCUT2D eigenvalue weighted by atomic mass is 32.2. The Morgan fingerprint density at radius 3 is 2.54 bits per heavy atom. The lowest BCUT2D eigenvalue weighted by molar-refractivity contribution is -0.140. The zero-order valence-electron chi connectivity index (χ0n) is 16.1. The summed E-state index contributed by atoms with van der Waals surface area (Å²) in [4.78, 5) is 36.8. The highest BCUT2D eigenvalue weighted by Gasteiger charge is 2.24. The summed E-state index contributed by atoms with van der Waals surface area (Å²) in [6.07, 6.45) is 0.249. The summed E-state index contributed by atoms with van der Waals surface area (Å²) < 4.78 is 9.75. The number of nitrogens with one attached hydrogen (secondary N) is 1. The van der Waals surface area contributed by atoms with Crippen molar-refractivity contribution in [3.63, 3.8) is 0 Å². The van der Waals surface area contributed by atoms with Crippen molar-refractivity contribution in [1.82, 2.24) is 0 Å². The second kappa shape index (κ2) is 10.9. The fourth-order valence-electron chi connectivity index (χ4n) is 2.50. The van der Waals surface area contributed by atoms with Crippen molar-refractivity contribution >= 4 is 45.9 Å². The molecular formula is C20H23NO5S2. The Hall–Kier alpha value is -2.32. The van der Waals surface area contributed by atoms with Crippen LogP contribution in [0.3, 0.4) is 0 Å². The average molecular weight is 422 g/mol. The molecule has 1 heterocycles. The predicted octanol–water partition coefficient (Wildman–Crippen LogP) is 4.14. The molecule has 0 spiro atoms. The summed E-state index contributed by atoms with van der Waals surface area (Å²) in [7, 11) is 1.33. The fourth-order valence-corrected chi connectivity index (χ4v) is 4.43. The van der Waals surface area contributed by atoms with Gasteiger partial charge in [-0.05, 0) is 25.0 Å². The molecule has 2 rings (SSSR count). The summed E-state index contributed by atoms with van der Waals surface area (Å²) >= 11 is 2.69. The van der Waals surface area contributed by atoms with Crippen molar-refractivity contribution in [2.45, 2.75) is 20.3 Å². The molecular weight excluding hydrogens is 398 g/mol. The van der Waals surface area contributed by atoms with E-state index < -0.39 is 5.97 Å². The SMILES string of the molecule is CCOC(=O)c1c(NC(=O)CSCCC(=O)OC)sc(-c2ccccc2)c1C. The first-order chi connectivity index (χ1) is 13.5. The van der Waals surface area contributed by atoms with Crippen LogP contribution in [0.4, 0.5) is 5.00 Å². The molecule has 0 bridgehead atoms. The van der Waals surface area contributed by atoms with Crippen LogP contribution in [0.15, 0.2) is 30.3 Å². The number of esters is 2. The van der Waals surface area contributed by atoms with E-state index in [1.165, 1.54) is 30.2 Å². The maximum Gasteiger partial charge on any atom is 0.341 e. The fraction of sp³-hybridized carbons (Fsp3) is 0.350. The van der Waals surface area contributed by atoms with Crippen molar-refractivity contribution in [3.8, 4) is 10.4 Å². The third-order valence-corrected chi connectivity index (χ3v) is 6.04.